The minimum absolute atomic E-state index is 0.00852. The van der Waals surface area contributed by atoms with Crippen molar-refractivity contribution in [3.05, 3.63) is 41.3 Å². The highest BCUT2D eigenvalue weighted by molar-refractivity contribution is 5.98. The van der Waals surface area contributed by atoms with Crippen LogP contribution in [0.3, 0.4) is 0 Å². The van der Waals surface area contributed by atoms with E-state index in [2.05, 4.69) is 39.3 Å². The van der Waals surface area contributed by atoms with Crippen LogP contribution in [-0.4, -0.2) is 54.2 Å². The molecular formula is C21H28N6O2. The van der Waals surface area contributed by atoms with Crippen LogP contribution in [-0.2, 0) is 11.2 Å². The minimum atomic E-state index is -0.158. The van der Waals surface area contributed by atoms with Gasteiger partial charge in [-0.15, -0.1) is 0 Å². The number of ether oxygens (including phenoxy) is 1. The first-order valence-electron chi connectivity index (χ1n) is 10.1. The number of rotatable bonds is 4. The molecule has 1 amide bonds. The second-order valence-corrected chi connectivity index (χ2v) is 8.39. The van der Waals surface area contributed by atoms with Crippen molar-refractivity contribution in [1.82, 2.24) is 20.3 Å². The molecule has 0 saturated carbocycles. The largest absolute Gasteiger partial charge is 0.378 e. The quantitative estimate of drug-likeness (QED) is 0.818. The fraction of sp³-hybridized carbons (Fsp3) is 0.524. The number of pyridine rings is 1. The second-order valence-electron chi connectivity index (χ2n) is 8.39. The first-order chi connectivity index (χ1) is 14.0. The van der Waals surface area contributed by atoms with Gasteiger partial charge in [-0.2, -0.15) is 0 Å². The Kier molecular flexibility index (Phi) is 5.36. The van der Waals surface area contributed by atoms with Crippen LogP contribution >= 0.6 is 0 Å². The normalized spacial score (nSPS) is 20.7. The molecule has 1 aliphatic heterocycles. The van der Waals surface area contributed by atoms with Gasteiger partial charge in [0.05, 0.1) is 30.5 Å². The molecule has 0 spiro atoms. The first-order valence-corrected chi connectivity index (χ1v) is 10.1. The molecule has 0 bridgehead atoms. The lowest BCUT2D eigenvalue weighted by molar-refractivity contribution is 0.0963. The van der Waals surface area contributed by atoms with E-state index in [0.717, 1.165) is 43.1 Å². The van der Waals surface area contributed by atoms with Crippen LogP contribution in [0.5, 0.6) is 0 Å². The van der Waals surface area contributed by atoms with Crippen LogP contribution in [0.2, 0.25) is 0 Å². The summed E-state index contributed by atoms with van der Waals surface area (Å²) in [5.41, 5.74) is 2.75. The third-order valence-electron chi connectivity index (χ3n) is 5.55. The number of nitrogens with zero attached hydrogens (tertiary/aromatic N) is 4. The number of carbonyl (C=O) groups is 1. The fourth-order valence-electron chi connectivity index (χ4n) is 4.08. The van der Waals surface area contributed by atoms with Crippen LogP contribution in [0.25, 0.3) is 0 Å². The molecule has 1 atom stereocenters. The Morgan fingerprint density at radius 2 is 2.07 bits per heavy atom. The van der Waals surface area contributed by atoms with E-state index in [1.165, 1.54) is 0 Å². The van der Waals surface area contributed by atoms with E-state index >= 15 is 0 Å². The smallest absolute Gasteiger partial charge is 0.254 e. The van der Waals surface area contributed by atoms with Crippen LogP contribution in [0.4, 0.5) is 11.8 Å². The van der Waals surface area contributed by atoms with Crippen molar-refractivity contribution in [2.45, 2.75) is 32.7 Å². The maximum atomic E-state index is 12.2. The standard InChI is InChI=1S/C21H28N6O2/c1-21(2)11-16(25-18-14(19(28)22-3)5-4-6-23-18)15-13-24-20(26-17(15)12-21)27-7-9-29-10-8-27/h4-6,13,16H,7-12H2,1-3H3,(H,22,28)(H,23,25). The van der Waals surface area contributed by atoms with E-state index in [0.29, 0.717) is 24.6 Å². The average molecular weight is 396 g/mol. The van der Waals surface area contributed by atoms with Gasteiger partial charge in [-0.05, 0) is 30.4 Å². The number of hydrogen-bond donors (Lipinski definition) is 2. The van der Waals surface area contributed by atoms with Crippen LogP contribution in [0.1, 0.15) is 47.9 Å². The van der Waals surface area contributed by atoms with Gasteiger partial charge in [0, 0.05) is 38.1 Å². The van der Waals surface area contributed by atoms with Crippen molar-refractivity contribution < 1.29 is 9.53 Å². The van der Waals surface area contributed by atoms with Gasteiger partial charge in [0.2, 0.25) is 5.95 Å². The number of aromatic nitrogens is 3. The van der Waals surface area contributed by atoms with E-state index in [-0.39, 0.29) is 17.4 Å². The Hall–Kier alpha value is -2.74. The summed E-state index contributed by atoms with van der Waals surface area (Å²) in [6.45, 7) is 7.54. The third-order valence-corrected chi connectivity index (χ3v) is 5.55. The van der Waals surface area contributed by atoms with E-state index in [1.54, 1.807) is 25.4 Å². The van der Waals surface area contributed by atoms with Gasteiger partial charge in [0.1, 0.15) is 5.82 Å². The summed E-state index contributed by atoms with van der Waals surface area (Å²) in [7, 11) is 1.62. The maximum absolute atomic E-state index is 12.2. The van der Waals surface area contributed by atoms with E-state index in [9.17, 15) is 4.79 Å². The third kappa shape index (κ3) is 4.17. The van der Waals surface area contributed by atoms with Crippen molar-refractivity contribution in [1.29, 1.82) is 0 Å². The van der Waals surface area contributed by atoms with Gasteiger partial charge in [-0.25, -0.2) is 15.0 Å². The lowest BCUT2D eigenvalue weighted by atomic mass is 9.74. The number of carbonyl (C=O) groups excluding carboxylic acids is 1. The summed E-state index contributed by atoms with van der Waals surface area (Å²) in [6.07, 6.45) is 5.43. The van der Waals surface area contributed by atoms with Gasteiger partial charge in [-0.1, -0.05) is 13.8 Å². The highest BCUT2D eigenvalue weighted by atomic mass is 16.5. The van der Waals surface area contributed by atoms with E-state index in [4.69, 9.17) is 9.72 Å². The number of morpholine rings is 1. The molecular weight excluding hydrogens is 368 g/mol. The first kappa shape index (κ1) is 19.6. The summed E-state index contributed by atoms with van der Waals surface area (Å²) in [4.78, 5) is 28.4. The molecule has 3 heterocycles. The van der Waals surface area contributed by atoms with Crippen molar-refractivity contribution in [2.24, 2.45) is 5.41 Å². The van der Waals surface area contributed by atoms with Crippen molar-refractivity contribution in [2.75, 3.05) is 43.6 Å². The molecule has 1 unspecified atom stereocenters. The Labute approximate surface area is 171 Å². The lowest BCUT2D eigenvalue weighted by Gasteiger charge is -2.37. The molecule has 4 rings (SSSR count). The minimum Gasteiger partial charge on any atom is -0.378 e. The summed E-state index contributed by atoms with van der Waals surface area (Å²) < 4.78 is 5.44. The van der Waals surface area contributed by atoms with E-state index < -0.39 is 0 Å². The zero-order chi connectivity index (χ0) is 20.4. The van der Waals surface area contributed by atoms with Crippen molar-refractivity contribution in [3.63, 3.8) is 0 Å². The Morgan fingerprint density at radius 3 is 2.83 bits per heavy atom. The summed E-state index contributed by atoms with van der Waals surface area (Å²) in [6, 6.07) is 3.54. The molecule has 0 radical (unpaired) electrons. The van der Waals surface area contributed by atoms with E-state index in [1.807, 2.05) is 6.20 Å². The fourth-order valence-corrected chi connectivity index (χ4v) is 4.08. The molecule has 0 aromatic carbocycles. The lowest BCUT2D eigenvalue weighted by Crippen LogP contribution is -2.38. The summed E-state index contributed by atoms with van der Waals surface area (Å²) >= 11 is 0. The molecule has 2 aromatic rings. The highest BCUT2D eigenvalue weighted by Gasteiger charge is 2.35. The topological polar surface area (TPSA) is 92.3 Å². The van der Waals surface area contributed by atoms with Crippen LogP contribution in [0, 0.1) is 5.41 Å². The number of hydrogen-bond acceptors (Lipinski definition) is 7. The number of amides is 1. The summed E-state index contributed by atoms with van der Waals surface area (Å²) in [5.74, 6) is 1.19. The van der Waals surface area contributed by atoms with Gasteiger partial charge in [0.25, 0.3) is 5.91 Å². The van der Waals surface area contributed by atoms with Crippen molar-refractivity contribution >= 4 is 17.7 Å². The molecule has 2 aliphatic rings. The molecule has 1 aliphatic carbocycles. The summed E-state index contributed by atoms with van der Waals surface area (Å²) in [5, 5.41) is 6.17. The monoisotopic (exact) mass is 396 g/mol. The predicted molar refractivity (Wildman–Crippen MR) is 111 cm³/mol. The SMILES string of the molecule is CNC(=O)c1cccnc1NC1CC(C)(C)Cc2nc(N3CCOCC3)ncc21. The Morgan fingerprint density at radius 1 is 1.28 bits per heavy atom. The Bertz CT molecular complexity index is 894. The predicted octanol–water partition coefficient (Wildman–Crippen LogP) is 2.19. The molecule has 1 fully saturated rings. The number of fused-ring (bicyclic) bond motifs is 1. The van der Waals surface area contributed by atoms with Gasteiger partial charge in [-0.3, -0.25) is 4.79 Å². The number of nitrogens with one attached hydrogen (secondary N) is 2. The molecule has 2 N–H and O–H groups in total. The zero-order valence-corrected chi connectivity index (χ0v) is 17.2. The molecule has 8 heteroatoms. The van der Waals surface area contributed by atoms with Crippen LogP contribution < -0.4 is 15.5 Å². The van der Waals surface area contributed by atoms with Gasteiger partial charge >= 0.3 is 0 Å². The number of anilines is 2. The molecule has 2 aromatic heterocycles. The second kappa shape index (κ2) is 7.94. The van der Waals surface area contributed by atoms with Gasteiger partial charge < -0.3 is 20.3 Å². The molecule has 8 nitrogen and oxygen atoms in total. The maximum Gasteiger partial charge on any atom is 0.254 e. The van der Waals surface area contributed by atoms with Crippen LogP contribution in [0.15, 0.2) is 24.5 Å². The van der Waals surface area contributed by atoms with Gasteiger partial charge in [0.15, 0.2) is 0 Å². The molecule has 154 valence electrons. The molecule has 29 heavy (non-hydrogen) atoms. The average Bonchev–Trinajstić information content (AvgIpc) is 2.73. The van der Waals surface area contributed by atoms with Crippen molar-refractivity contribution in [3.8, 4) is 0 Å². The Balaban J connectivity index is 1.65. The molecule has 1 saturated heterocycles. The highest BCUT2D eigenvalue weighted by Crippen LogP contribution is 2.41. The zero-order valence-electron chi connectivity index (χ0n) is 17.2.